The third-order valence-corrected chi connectivity index (χ3v) is 4.85. The second kappa shape index (κ2) is 10.3. The molecule has 0 fully saturated rings. The summed E-state index contributed by atoms with van der Waals surface area (Å²) in [5.41, 5.74) is 2.91. The van der Waals surface area contributed by atoms with Gasteiger partial charge in [0, 0.05) is 22.5 Å². The number of aromatic nitrogens is 4. The molecule has 4 rings (SSSR count). The average Bonchev–Trinajstić information content (AvgIpc) is 3.34. The van der Waals surface area contributed by atoms with E-state index in [2.05, 4.69) is 10.2 Å². The van der Waals surface area contributed by atoms with Crippen LogP contribution in [0.4, 0.5) is 8.78 Å². The molecule has 0 aliphatic carbocycles. The first-order valence-electron chi connectivity index (χ1n) is 9.97. The fourth-order valence-corrected chi connectivity index (χ4v) is 3.08. The van der Waals surface area contributed by atoms with Crippen molar-refractivity contribution in [3.63, 3.8) is 0 Å². The van der Waals surface area contributed by atoms with Crippen LogP contribution in [0.5, 0.6) is 0 Å². The highest BCUT2D eigenvalue weighted by Gasteiger charge is 2.12. The molecule has 2 aromatic heterocycles. The quantitative estimate of drug-likeness (QED) is 0.489. The van der Waals surface area contributed by atoms with E-state index in [1.54, 1.807) is 54.1 Å². The van der Waals surface area contributed by atoms with Crippen LogP contribution in [0.15, 0.2) is 60.7 Å². The summed E-state index contributed by atoms with van der Waals surface area (Å²) in [6.45, 7) is 4.15. The number of halogens is 2. The number of carbonyl (C=O) groups is 1. The fraction of sp³-hybridized carbons (Fsp3) is 0.167. The molecule has 2 aromatic carbocycles. The summed E-state index contributed by atoms with van der Waals surface area (Å²) in [6, 6.07) is 18.0. The van der Waals surface area contributed by atoms with Crippen molar-refractivity contribution in [3.05, 3.63) is 106 Å². The first kappa shape index (κ1) is 23.3. The van der Waals surface area contributed by atoms with E-state index in [0.29, 0.717) is 29.1 Å². The minimum absolute atomic E-state index is 0.0289. The van der Waals surface area contributed by atoms with E-state index in [9.17, 15) is 13.6 Å². The Morgan fingerprint density at radius 1 is 0.909 bits per heavy atom. The Morgan fingerprint density at radius 3 is 1.82 bits per heavy atom. The Labute approximate surface area is 189 Å². The summed E-state index contributed by atoms with van der Waals surface area (Å²) in [5.74, 6) is -1.66. The van der Waals surface area contributed by atoms with Crippen molar-refractivity contribution in [2.75, 3.05) is 0 Å². The van der Waals surface area contributed by atoms with Gasteiger partial charge in [-0.05, 0) is 38.1 Å². The Morgan fingerprint density at radius 2 is 1.39 bits per heavy atom. The van der Waals surface area contributed by atoms with Crippen LogP contribution < -0.4 is 0 Å². The molecule has 7 nitrogen and oxygen atoms in total. The van der Waals surface area contributed by atoms with E-state index in [1.807, 2.05) is 13.0 Å². The van der Waals surface area contributed by atoms with E-state index in [1.165, 1.54) is 22.9 Å². The fourth-order valence-electron chi connectivity index (χ4n) is 3.08. The van der Waals surface area contributed by atoms with Gasteiger partial charge in [0.05, 0.1) is 13.1 Å². The van der Waals surface area contributed by atoms with E-state index in [0.717, 1.165) is 5.69 Å². The highest BCUT2D eigenvalue weighted by molar-refractivity contribution is 5.85. The summed E-state index contributed by atoms with van der Waals surface area (Å²) in [6.07, 6.45) is 0. The van der Waals surface area contributed by atoms with Gasteiger partial charge in [-0.1, -0.05) is 36.4 Å². The monoisotopic (exact) mass is 449 g/mol. The van der Waals surface area contributed by atoms with Crippen LogP contribution in [-0.2, 0) is 13.1 Å². The topological polar surface area (TPSA) is 96.7 Å². The Bertz CT molecular complexity index is 1320. The zero-order valence-corrected chi connectivity index (χ0v) is 18.0. The van der Waals surface area contributed by atoms with E-state index in [4.69, 9.17) is 10.4 Å². The number of aromatic carboxylic acids is 1. The molecule has 9 heteroatoms. The molecule has 0 radical (unpaired) electrons. The minimum atomic E-state index is -1.08. The van der Waals surface area contributed by atoms with E-state index >= 15 is 0 Å². The zero-order valence-electron chi connectivity index (χ0n) is 18.0. The second-order valence-corrected chi connectivity index (χ2v) is 7.26. The van der Waals surface area contributed by atoms with Crippen LogP contribution in [-0.4, -0.2) is 30.6 Å². The van der Waals surface area contributed by atoms with Crippen molar-refractivity contribution in [3.8, 4) is 6.07 Å². The van der Waals surface area contributed by atoms with Crippen LogP contribution in [0.3, 0.4) is 0 Å². The standard InChI is InChI=1S/C12H10FN3.C12H11FN2O2/c1-9-6-11(7-14)15-16(9)8-10-4-2-3-5-12(10)13;1-8-6-11(12(16)17)14-15(8)7-9-4-2-3-5-10(9)13/h2-6H,8H2,1H3;2-6H,7H2,1H3,(H,16,17). The molecule has 0 bridgehead atoms. The van der Waals surface area contributed by atoms with Crippen molar-refractivity contribution in [1.82, 2.24) is 19.6 Å². The molecule has 0 aliphatic heterocycles. The van der Waals surface area contributed by atoms with Gasteiger partial charge in [0.2, 0.25) is 0 Å². The summed E-state index contributed by atoms with van der Waals surface area (Å²) < 4.78 is 29.9. The molecule has 0 unspecified atom stereocenters. The summed E-state index contributed by atoms with van der Waals surface area (Å²) in [5, 5.41) is 25.4. The summed E-state index contributed by atoms with van der Waals surface area (Å²) >= 11 is 0. The van der Waals surface area contributed by atoms with Crippen LogP contribution in [0.1, 0.15) is 38.7 Å². The molecule has 0 spiro atoms. The number of nitriles is 1. The van der Waals surface area contributed by atoms with Gasteiger partial charge in [-0.2, -0.15) is 15.5 Å². The van der Waals surface area contributed by atoms with Gasteiger partial charge in [-0.3, -0.25) is 9.36 Å². The van der Waals surface area contributed by atoms with Crippen molar-refractivity contribution in [2.45, 2.75) is 26.9 Å². The Hall–Kier alpha value is -4.32. The largest absolute Gasteiger partial charge is 0.476 e. The molecule has 0 aliphatic rings. The van der Waals surface area contributed by atoms with Gasteiger partial charge in [-0.25, -0.2) is 13.6 Å². The second-order valence-electron chi connectivity index (χ2n) is 7.26. The number of rotatable bonds is 5. The molecule has 168 valence electrons. The molecule has 33 heavy (non-hydrogen) atoms. The third-order valence-electron chi connectivity index (χ3n) is 4.85. The lowest BCUT2D eigenvalue weighted by atomic mass is 10.2. The van der Waals surface area contributed by atoms with Gasteiger partial charge >= 0.3 is 5.97 Å². The number of hydrogen-bond acceptors (Lipinski definition) is 4. The third kappa shape index (κ3) is 5.89. The van der Waals surface area contributed by atoms with Gasteiger partial charge in [0.15, 0.2) is 11.4 Å². The van der Waals surface area contributed by atoms with Gasteiger partial charge < -0.3 is 5.11 Å². The predicted molar refractivity (Wildman–Crippen MR) is 117 cm³/mol. The van der Waals surface area contributed by atoms with Crippen LogP contribution >= 0.6 is 0 Å². The van der Waals surface area contributed by atoms with Crippen LogP contribution in [0.25, 0.3) is 0 Å². The average molecular weight is 449 g/mol. The molecule has 0 atom stereocenters. The maximum Gasteiger partial charge on any atom is 0.356 e. The smallest absolute Gasteiger partial charge is 0.356 e. The number of benzene rings is 2. The first-order chi connectivity index (χ1) is 15.8. The van der Waals surface area contributed by atoms with E-state index < -0.39 is 5.97 Å². The number of carboxylic acids is 1. The molecule has 0 amide bonds. The lowest BCUT2D eigenvalue weighted by Crippen LogP contribution is -2.07. The number of aryl methyl sites for hydroxylation is 2. The number of nitrogens with zero attached hydrogens (tertiary/aromatic N) is 5. The van der Waals surface area contributed by atoms with Crippen LogP contribution in [0.2, 0.25) is 0 Å². The van der Waals surface area contributed by atoms with Gasteiger partial charge in [0.25, 0.3) is 0 Å². The minimum Gasteiger partial charge on any atom is -0.476 e. The normalized spacial score (nSPS) is 10.3. The van der Waals surface area contributed by atoms with Gasteiger partial charge in [-0.15, -0.1) is 0 Å². The first-order valence-corrected chi connectivity index (χ1v) is 9.97. The molecular weight excluding hydrogens is 428 g/mol. The van der Waals surface area contributed by atoms with Gasteiger partial charge in [0.1, 0.15) is 17.7 Å². The molecule has 2 heterocycles. The lowest BCUT2D eigenvalue weighted by molar-refractivity contribution is 0.0689. The highest BCUT2D eigenvalue weighted by Crippen LogP contribution is 2.12. The molecular formula is C24H21F2N5O2. The summed E-state index contributed by atoms with van der Waals surface area (Å²) in [4.78, 5) is 10.7. The molecule has 0 saturated carbocycles. The van der Waals surface area contributed by atoms with Crippen molar-refractivity contribution < 1.29 is 18.7 Å². The highest BCUT2D eigenvalue weighted by atomic mass is 19.1. The Balaban J connectivity index is 0.000000186. The van der Waals surface area contributed by atoms with E-state index in [-0.39, 0.29) is 23.9 Å². The SMILES string of the molecule is Cc1cc(C#N)nn1Cc1ccccc1F.Cc1cc(C(=O)O)nn1Cc1ccccc1F. The molecule has 1 N–H and O–H groups in total. The number of carboxylic acid groups (broad SMARTS) is 1. The maximum absolute atomic E-state index is 13.4. The predicted octanol–water partition coefficient (Wildman–Crippen LogP) is 4.33. The number of hydrogen-bond donors (Lipinski definition) is 1. The van der Waals surface area contributed by atoms with Crippen LogP contribution in [0, 0.1) is 36.8 Å². The molecule has 4 aromatic rings. The van der Waals surface area contributed by atoms with Crippen molar-refractivity contribution >= 4 is 5.97 Å². The van der Waals surface area contributed by atoms with Crippen molar-refractivity contribution in [2.24, 2.45) is 0 Å². The lowest BCUT2D eigenvalue weighted by Gasteiger charge is -2.05. The van der Waals surface area contributed by atoms with Crippen molar-refractivity contribution in [1.29, 1.82) is 5.26 Å². The molecule has 0 saturated heterocycles. The maximum atomic E-state index is 13.4. The summed E-state index contributed by atoms with van der Waals surface area (Å²) in [7, 11) is 0. The Kier molecular flexibility index (Phi) is 7.31. The zero-order chi connectivity index (χ0) is 24.0.